The third kappa shape index (κ3) is 7.49. The summed E-state index contributed by atoms with van der Waals surface area (Å²) in [5.74, 6) is 0.674. The van der Waals surface area contributed by atoms with Gasteiger partial charge in [0.25, 0.3) is 0 Å². The molecule has 0 aliphatic rings. The van der Waals surface area contributed by atoms with Gasteiger partial charge in [0.1, 0.15) is 11.9 Å². The Balaban J connectivity index is 2.78. The van der Waals surface area contributed by atoms with E-state index in [1.807, 2.05) is 45.0 Å². The quantitative estimate of drug-likeness (QED) is 0.606. The van der Waals surface area contributed by atoms with Crippen LogP contribution in [0.4, 0.5) is 0 Å². The number of hydrogen-bond donors (Lipinski definition) is 2. The number of carbonyl (C=O) groups excluding carboxylic acids is 2. The smallest absolute Gasteiger partial charge is 0.221 e. The molecule has 0 aliphatic heterocycles. The predicted molar refractivity (Wildman–Crippen MR) is 95.7 cm³/mol. The third-order valence-corrected chi connectivity index (χ3v) is 3.65. The van der Waals surface area contributed by atoms with Gasteiger partial charge in [-0.2, -0.15) is 0 Å². The standard InChI is InChI=1S/C19H30N2O3/c1-4-7-9-17(22)20-19(21-18(23)10-8-5-2)15-11-13-16(14-12-15)24-6-3/h11-14,19H,4-10H2,1-3H3,(H,20,22)(H,21,23). The maximum Gasteiger partial charge on any atom is 0.221 e. The van der Waals surface area contributed by atoms with Gasteiger partial charge in [-0.15, -0.1) is 0 Å². The van der Waals surface area contributed by atoms with E-state index in [1.165, 1.54) is 0 Å². The summed E-state index contributed by atoms with van der Waals surface area (Å²) in [7, 11) is 0. The zero-order chi connectivity index (χ0) is 17.8. The molecule has 0 atom stereocenters. The highest BCUT2D eigenvalue weighted by Crippen LogP contribution is 2.17. The summed E-state index contributed by atoms with van der Waals surface area (Å²) < 4.78 is 5.43. The largest absolute Gasteiger partial charge is 0.494 e. The summed E-state index contributed by atoms with van der Waals surface area (Å²) in [6.45, 7) is 6.62. The molecule has 1 aromatic rings. The second kappa shape index (κ2) is 11.5. The van der Waals surface area contributed by atoms with Crippen LogP contribution in [0.15, 0.2) is 24.3 Å². The predicted octanol–water partition coefficient (Wildman–Crippen LogP) is 3.70. The molecule has 5 nitrogen and oxygen atoms in total. The van der Waals surface area contributed by atoms with Crippen LogP contribution in [0, 0.1) is 0 Å². The number of hydrogen-bond acceptors (Lipinski definition) is 3. The van der Waals surface area contributed by atoms with Crippen molar-refractivity contribution in [2.75, 3.05) is 6.61 Å². The molecule has 5 heteroatoms. The Hall–Kier alpha value is -2.04. The van der Waals surface area contributed by atoms with Gasteiger partial charge in [-0.3, -0.25) is 9.59 Å². The van der Waals surface area contributed by atoms with E-state index in [4.69, 9.17) is 4.74 Å². The monoisotopic (exact) mass is 334 g/mol. The van der Waals surface area contributed by atoms with Crippen molar-refractivity contribution in [2.24, 2.45) is 0 Å². The van der Waals surface area contributed by atoms with Crippen LogP contribution in [-0.4, -0.2) is 18.4 Å². The highest BCUT2D eigenvalue weighted by Gasteiger charge is 2.16. The molecule has 0 fully saturated rings. The molecule has 0 aliphatic carbocycles. The fraction of sp³-hybridized carbons (Fsp3) is 0.579. The van der Waals surface area contributed by atoms with Gasteiger partial charge in [0.2, 0.25) is 11.8 Å². The fourth-order valence-electron chi connectivity index (χ4n) is 2.27. The Labute approximate surface area is 145 Å². The zero-order valence-electron chi connectivity index (χ0n) is 15.1. The van der Waals surface area contributed by atoms with Crippen molar-refractivity contribution in [3.8, 4) is 5.75 Å². The first kappa shape index (κ1) is 20.0. The molecule has 0 saturated heterocycles. The summed E-state index contributed by atoms with van der Waals surface area (Å²) in [6.07, 6.45) is 4.03. The summed E-state index contributed by atoms with van der Waals surface area (Å²) >= 11 is 0. The van der Waals surface area contributed by atoms with Crippen molar-refractivity contribution in [1.29, 1.82) is 0 Å². The summed E-state index contributed by atoms with van der Waals surface area (Å²) in [6, 6.07) is 7.44. The normalized spacial score (nSPS) is 10.5. The van der Waals surface area contributed by atoms with E-state index >= 15 is 0 Å². The minimum Gasteiger partial charge on any atom is -0.494 e. The summed E-state index contributed by atoms with van der Waals surface area (Å²) in [5, 5.41) is 5.83. The minimum absolute atomic E-state index is 0.0495. The SMILES string of the molecule is CCCCC(=O)NC(NC(=O)CCCC)c1ccc(OCC)cc1. The van der Waals surface area contributed by atoms with Gasteiger partial charge in [-0.25, -0.2) is 0 Å². The maximum absolute atomic E-state index is 12.1. The Bertz CT molecular complexity index is 478. The van der Waals surface area contributed by atoms with Gasteiger partial charge >= 0.3 is 0 Å². The average molecular weight is 334 g/mol. The van der Waals surface area contributed by atoms with Gasteiger partial charge in [-0.1, -0.05) is 38.8 Å². The van der Waals surface area contributed by atoms with Gasteiger partial charge in [-0.05, 0) is 37.5 Å². The molecule has 0 unspecified atom stereocenters. The lowest BCUT2D eigenvalue weighted by atomic mass is 10.1. The van der Waals surface area contributed by atoms with Crippen LogP contribution in [0.3, 0.4) is 0 Å². The van der Waals surface area contributed by atoms with E-state index in [0.717, 1.165) is 37.0 Å². The maximum atomic E-state index is 12.1. The first-order valence-corrected chi connectivity index (χ1v) is 8.92. The number of carbonyl (C=O) groups is 2. The van der Waals surface area contributed by atoms with Crippen molar-refractivity contribution in [3.63, 3.8) is 0 Å². The summed E-state index contributed by atoms with van der Waals surface area (Å²) in [5.41, 5.74) is 0.841. The number of amides is 2. The first-order valence-electron chi connectivity index (χ1n) is 8.92. The van der Waals surface area contributed by atoms with Crippen LogP contribution in [0.1, 0.15) is 71.0 Å². The van der Waals surface area contributed by atoms with Crippen LogP contribution in [0.2, 0.25) is 0 Å². The lowest BCUT2D eigenvalue weighted by Crippen LogP contribution is -2.41. The molecule has 0 spiro atoms. The molecule has 1 aromatic carbocycles. The van der Waals surface area contributed by atoms with E-state index < -0.39 is 6.17 Å². The van der Waals surface area contributed by atoms with Crippen LogP contribution < -0.4 is 15.4 Å². The van der Waals surface area contributed by atoms with Gasteiger partial charge < -0.3 is 15.4 Å². The van der Waals surface area contributed by atoms with Crippen LogP contribution >= 0.6 is 0 Å². The van der Waals surface area contributed by atoms with E-state index in [9.17, 15) is 9.59 Å². The Morgan fingerprint density at radius 2 is 1.42 bits per heavy atom. The molecular formula is C19H30N2O3. The molecule has 134 valence electrons. The molecular weight excluding hydrogens is 304 g/mol. The highest BCUT2D eigenvalue weighted by atomic mass is 16.5. The third-order valence-electron chi connectivity index (χ3n) is 3.65. The molecule has 24 heavy (non-hydrogen) atoms. The van der Waals surface area contributed by atoms with Gasteiger partial charge in [0.15, 0.2) is 0 Å². The molecule has 2 N–H and O–H groups in total. The van der Waals surface area contributed by atoms with Crippen LogP contribution in [-0.2, 0) is 9.59 Å². The van der Waals surface area contributed by atoms with E-state index in [2.05, 4.69) is 10.6 Å². The molecule has 1 rings (SSSR count). The Morgan fingerprint density at radius 1 is 0.917 bits per heavy atom. The molecule has 0 heterocycles. The summed E-state index contributed by atoms with van der Waals surface area (Å²) in [4.78, 5) is 24.1. The average Bonchev–Trinajstić information content (AvgIpc) is 2.58. The van der Waals surface area contributed by atoms with Crippen molar-refractivity contribution < 1.29 is 14.3 Å². The number of unbranched alkanes of at least 4 members (excludes halogenated alkanes) is 2. The number of rotatable bonds is 11. The van der Waals surface area contributed by atoms with Gasteiger partial charge in [0, 0.05) is 12.8 Å². The van der Waals surface area contributed by atoms with Gasteiger partial charge in [0.05, 0.1) is 6.61 Å². The van der Waals surface area contributed by atoms with E-state index in [0.29, 0.717) is 19.4 Å². The number of ether oxygens (including phenoxy) is 1. The molecule has 2 amide bonds. The second-order valence-electron chi connectivity index (χ2n) is 5.78. The zero-order valence-corrected chi connectivity index (χ0v) is 15.1. The van der Waals surface area contributed by atoms with E-state index in [-0.39, 0.29) is 11.8 Å². The Morgan fingerprint density at radius 3 is 1.83 bits per heavy atom. The molecule has 0 saturated carbocycles. The topological polar surface area (TPSA) is 67.4 Å². The molecule has 0 bridgehead atoms. The lowest BCUT2D eigenvalue weighted by molar-refractivity contribution is -0.124. The van der Waals surface area contributed by atoms with Crippen molar-refractivity contribution in [1.82, 2.24) is 10.6 Å². The van der Waals surface area contributed by atoms with Crippen molar-refractivity contribution >= 4 is 11.8 Å². The minimum atomic E-state index is -0.505. The second-order valence-corrected chi connectivity index (χ2v) is 5.78. The number of nitrogens with one attached hydrogen (secondary N) is 2. The highest BCUT2D eigenvalue weighted by molar-refractivity contribution is 5.79. The fourth-order valence-corrected chi connectivity index (χ4v) is 2.27. The number of benzene rings is 1. The van der Waals surface area contributed by atoms with Crippen molar-refractivity contribution in [2.45, 2.75) is 65.5 Å². The van der Waals surface area contributed by atoms with Crippen LogP contribution in [0.5, 0.6) is 5.75 Å². The molecule has 0 radical (unpaired) electrons. The molecule has 0 aromatic heterocycles. The Kier molecular flexibility index (Phi) is 9.58. The first-order chi connectivity index (χ1) is 11.6. The van der Waals surface area contributed by atoms with Crippen molar-refractivity contribution in [3.05, 3.63) is 29.8 Å². The van der Waals surface area contributed by atoms with E-state index in [1.54, 1.807) is 0 Å². The lowest BCUT2D eigenvalue weighted by Gasteiger charge is -2.21. The van der Waals surface area contributed by atoms with Crippen LogP contribution in [0.25, 0.3) is 0 Å².